The molecule has 2 unspecified atom stereocenters. The quantitative estimate of drug-likeness (QED) is 0.644. The van der Waals surface area contributed by atoms with Crippen molar-refractivity contribution in [2.24, 2.45) is 11.8 Å². The fourth-order valence-electron chi connectivity index (χ4n) is 1.70. The van der Waals surface area contributed by atoms with E-state index in [2.05, 4.69) is 42.0 Å². The molecule has 1 amide bonds. The van der Waals surface area contributed by atoms with E-state index in [4.69, 9.17) is 0 Å². The largest absolute Gasteiger partial charge is 0.356 e. The summed E-state index contributed by atoms with van der Waals surface area (Å²) < 4.78 is 0. The zero-order chi connectivity index (χ0) is 12.4. The van der Waals surface area contributed by atoms with Gasteiger partial charge >= 0.3 is 0 Å². The van der Waals surface area contributed by atoms with Crippen LogP contribution in [0.3, 0.4) is 0 Å². The lowest BCUT2D eigenvalue weighted by Gasteiger charge is -2.16. The monoisotopic (exact) mass is 291 g/mol. The highest BCUT2D eigenvalue weighted by atomic mass is 79.9. The van der Waals surface area contributed by atoms with Crippen LogP contribution in [-0.2, 0) is 4.79 Å². The van der Waals surface area contributed by atoms with E-state index in [1.807, 2.05) is 0 Å². The molecule has 2 nitrogen and oxygen atoms in total. The molecule has 0 aliphatic heterocycles. The van der Waals surface area contributed by atoms with Crippen molar-refractivity contribution in [2.75, 3.05) is 11.9 Å². The maximum absolute atomic E-state index is 11.6. The number of carbonyl (C=O) groups is 1. The average Bonchev–Trinajstić information content (AvgIpc) is 2.26. The third-order valence-electron chi connectivity index (χ3n) is 3.03. The van der Waals surface area contributed by atoms with Crippen molar-refractivity contribution >= 4 is 21.8 Å². The molecule has 0 rings (SSSR count). The molecule has 0 aliphatic carbocycles. The van der Waals surface area contributed by atoms with Crippen LogP contribution in [0.1, 0.15) is 52.9 Å². The molecule has 0 saturated carbocycles. The van der Waals surface area contributed by atoms with Crippen molar-refractivity contribution in [2.45, 2.75) is 52.9 Å². The van der Waals surface area contributed by atoms with Crippen LogP contribution in [-0.4, -0.2) is 17.8 Å². The van der Waals surface area contributed by atoms with Gasteiger partial charge in [0.05, 0.1) is 0 Å². The van der Waals surface area contributed by atoms with E-state index in [-0.39, 0.29) is 5.91 Å². The molecule has 0 spiro atoms. The normalized spacial score (nSPS) is 14.5. The van der Waals surface area contributed by atoms with Crippen LogP contribution in [0.4, 0.5) is 0 Å². The molecule has 0 aromatic carbocycles. The van der Waals surface area contributed by atoms with Crippen LogP contribution < -0.4 is 5.32 Å². The van der Waals surface area contributed by atoms with Crippen molar-refractivity contribution in [1.82, 2.24) is 5.32 Å². The summed E-state index contributed by atoms with van der Waals surface area (Å²) in [6.07, 6.45) is 5.29. The van der Waals surface area contributed by atoms with E-state index >= 15 is 0 Å². The SMILES string of the molecule is CCCC(CCBr)CNC(=O)CC(C)CC. The zero-order valence-electron chi connectivity index (χ0n) is 10.9. The molecular formula is C13H26BrNO. The van der Waals surface area contributed by atoms with Gasteiger partial charge in [-0.15, -0.1) is 0 Å². The van der Waals surface area contributed by atoms with E-state index in [1.165, 1.54) is 12.8 Å². The lowest BCUT2D eigenvalue weighted by molar-refractivity contribution is -0.122. The van der Waals surface area contributed by atoms with Gasteiger partial charge in [0, 0.05) is 18.3 Å². The summed E-state index contributed by atoms with van der Waals surface area (Å²) in [5.41, 5.74) is 0. The van der Waals surface area contributed by atoms with Crippen LogP contribution in [0.5, 0.6) is 0 Å². The van der Waals surface area contributed by atoms with Crippen LogP contribution in [0, 0.1) is 11.8 Å². The van der Waals surface area contributed by atoms with Gasteiger partial charge in [0.25, 0.3) is 0 Å². The fraction of sp³-hybridized carbons (Fsp3) is 0.923. The first-order valence-electron chi connectivity index (χ1n) is 6.46. The molecule has 0 aliphatic rings. The number of rotatable bonds is 9. The first kappa shape index (κ1) is 16.0. The lowest BCUT2D eigenvalue weighted by Crippen LogP contribution is -2.30. The highest BCUT2D eigenvalue weighted by molar-refractivity contribution is 9.09. The number of hydrogen-bond acceptors (Lipinski definition) is 1. The Morgan fingerprint density at radius 3 is 2.50 bits per heavy atom. The number of halogens is 1. The van der Waals surface area contributed by atoms with Gasteiger partial charge < -0.3 is 5.32 Å². The summed E-state index contributed by atoms with van der Waals surface area (Å²) >= 11 is 3.47. The molecule has 0 fully saturated rings. The second-order valence-electron chi connectivity index (χ2n) is 4.65. The number of alkyl halides is 1. The van der Waals surface area contributed by atoms with Crippen LogP contribution in [0.2, 0.25) is 0 Å². The van der Waals surface area contributed by atoms with E-state index < -0.39 is 0 Å². The Morgan fingerprint density at radius 2 is 2.00 bits per heavy atom. The van der Waals surface area contributed by atoms with Gasteiger partial charge in [0.2, 0.25) is 5.91 Å². The van der Waals surface area contributed by atoms with E-state index in [0.29, 0.717) is 18.3 Å². The maximum atomic E-state index is 11.6. The molecule has 2 atom stereocenters. The summed E-state index contributed by atoms with van der Waals surface area (Å²) in [5.74, 6) is 1.34. The summed E-state index contributed by atoms with van der Waals surface area (Å²) in [6, 6.07) is 0. The van der Waals surface area contributed by atoms with Crippen molar-refractivity contribution in [3.8, 4) is 0 Å². The van der Waals surface area contributed by atoms with Crippen molar-refractivity contribution in [3.05, 3.63) is 0 Å². The molecule has 0 heterocycles. The molecular weight excluding hydrogens is 266 g/mol. The van der Waals surface area contributed by atoms with E-state index in [1.54, 1.807) is 0 Å². The first-order chi connectivity index (χ1) is 7.63. The van der Waals surface area contributed by atoms with Gasteiger partial charge in [-0.2, -0.15) is 0 Å². The van der Waals surface area contributed by atoms with Crippen LogP contribution >= 0.6 is 15.9 Å². The smallest absolute Gasteiger partial charge is 0.220 e. The Labute approximate surface area is 109 Å². The molecule has 0 radical (unpaired) electrons. The molecule has 96 valence electrons. The Hall–Kier alpha value is -0.0500. The minimum Gasteiger partial charge on any atom is -0.356 e. The second kappa shape index (κ2) is 10.1. The van der Waals surface area contributed by atoms with Gasteiger partial charge in [-0.05, 0) is 24.7 Å². The first-order valence-corrected chi connectivity index (χ1v) is 7.58. The minimum atomic E-state index is 0.213. The lowest BCUT2D eigenvalue weighted by atomic mass is 10.00. The maximum Gasteiger partial charge on any atom is 0.220 e. The zero-order valence-corrected chi connectivity index (χ0v) is 12.5. The van der Waals surface area contributed by atoms with Gasteiger partial charge in [-0.3, -0.25) is 4.79 Å². The molecule has 16 heavy (non-hydrogen) atoms. The standard InChI is InChI=1S/C13H26BrNO/c1-4-6-12(7-8-14)10-15-13(16)9-11(3)5-2/h11-12H,4-10H2,1-3H3,(H,15,16). The number of hydrogen-bond donors (Lipinski definition) is 1. The third-order valence-corrected chi connectivity index (χ3v) is 3.49. The number of amides is 1. The molecule has 0 saturated heterocycles. The van der Waals surface area contributed by atoms with Crippen molar-refractivity contribution < 1.29 is 4.79 Å². The fourth-order valence-corrected chi connectivity index (χ4v) is 2.35. The predicted octanol–water partition coefficient (Wildman–Crippen LogP) is 3.74. The topological polar surface area (TPSA) is 29.1 Å². The molecule has 0 aromatic heterocycles. The van der Waals surface area contributed by atoms with E-state index in [9.17, 15) is 4.79 Å². The highest BCUT2D eigenvalue weighted by Crippen LogP contribution is 2.12. The highest BCUT2D eigenvalue weighted by Gasteiger charge is 2.11. The molecule has 0 aromatic rings. The van der Waals surface area contributed by atoms with Crippen molar-refractivity contribution in [1.29, 1.82) is 0 Å². The number of nitrogens with one attached hydrogen (secondary N) is 1. The van der Waals surface area contributed by atoms with Crippen LogP contribution in [0.15, 0.2) is 0 Å². The van der Waals surface area contributed by atoms with Crippen LogP contribution in [0.25, 0.3) is 0 Å². The average molecular weight is 292 g/mol. The molecule has 0 bridgehead atoms. The predicted molar refractivity (Wildman–Crippen MR) is 73.9 cm³/mol. The van der Waals surface area contributed by atoms with E-state index in [0.717, 1.165) is 24.7 Å². The summed E-state index contributed by atoms with van der Waals surface area (Å²) in [5, 5.41) is 4.08. The molecule has 3 heteroatoms. The second-order valence-corrected chi connectivity index (χ2v) is 5.45. The number of carbonyl (C=O) groups excluding carboxylic acids is 1. The summed E-state index contributed by atoms with van der Waals surface area (Å²) in [6.45, 7) is 7.29. The van der Waals surface area contributed by atoms with Gasteiger partial charge in [0.15, 0.2) is 0 Å². The summed E-state index contributed by atoms with van der Waals surface area (Å²) in [7, 11) is 0. The summed E-state index contributed by atoms with van der Waals surface area (Å²) in [4.78, 5) is 11.6. The minimum absolute atomic E-state index is 0.213. The Kier molecular flexibility index (Phi) is 10.1. The Balaban J connectivity index is 3.77. The van der Waals surface area contributed by atoms with Crippen molar-refractivity contribution in [3.63, 3.8) is 0 Å². The van der Waals surface area contributed by atoms with Gasteiger partial charge in [-0.25, -0.2) is 0 Å². The Bertz CT molecular complexity index is 179. The Morgan fingerprint density at radius 1 is 1.31 bits per heavy atom. The molecule has 1 N–H and O–H groups in total. The van der Waals surface area contributed by atoms with Gasteiger partial charge in [0.1, 0.15) is 0 Å². The van der Waals surface area contributed by atoms with Gasteiger partial charge in [-0.1, -0.05) is 49.5 Å². The third kappa shape index (κ3) is 8.14.